The summed E-state index contributed by atoms with van der Waals surface area (Å²) >= 11 is 5.19. The molecule has 160 valence electrons. The lowest BCUT2D eigenvalue weighted by molar-refractivity contribution is -0.134. The number of carbonyl (C=O) groups is 2. The molecule has 0 aliphatic carbocycles. The van der Waals surface area contributed by atoms with Crippen molar-refractivity contribution in [1.82, 2.24) is 9.80 Å². The summed E-state index contributed by atoms with van der Waals surface area (Å²) in [7, 11) is 0. The normalized spacial score (nSPS) is 15.4. The largest absolute Gasteiger partial charge is 0.330 e. The van der Waals surface area contributed by atoms with Gasteiger partial charge in [-0.3, -0.25) is 9.59 Å². The fraction of sp³-hybridized carbons (Fsp3) is 0.280. The highest BCUT2D eigenvalue weighted by atomic mass is 79.9. The number of halogens is 1. The monoisotopic (exact) mass is 496 g/mol. The van der Waals surface area contributed by atoms with E-state index in [-0.39, 0.29) is 24.4 Å². The van der Waals surface area contributed by atoms with Gasteiger partial charge < -0.3 is 9.80 Å². The van der Waals surface area contributed by atoms with Crippen LogP contribution in [0.4, 0.5) is 0 Å². The maximum Gasteiger partial charge on any atom is 0.254 e. The van der Waals surface area contributed by atoms with Crippen LogP contribution < -0.4 is 0 Å². The Kier molecular flexibility index (Phi) is 6.88. The first-order valence-electron chi connectivity index (χ1n) is 10.5. The second-order valence-electron chi connectivity index (χ2n) is 7.69. The molecule has 1 aromatic heterocycles. The van der Waals surface area contributed by atoms with Gasteiger partial charge in [0, 0.05) is 28.0 Å². The van der Waals surface area contributed by atoms with Gasteiger partial charge in [0.15, 0.2) is 0 Å². The molecule has 0 bridgehead atoms. The van der Waals surface area contributed by atoms with Crippen LogP contribution in [0.5, 0.6) is 0 Å². The standard InChI is InChI=1S/C25H25BrN2O2S/c1-2-13-27(25(30)19-9-6-10-20(26)16-19)17-23(29)28-14-11-22-21(12-15-31-22)24(28)18-7-4-3-5-8-18/h3-10,12,15-16,24H,2,11,13-14,17H2,1H3. The van der Waals surface area contributed by atoms with Gasteiger partial charge in [-0.25, -0.2) is 0 Å². The van der Waals surface area contributed by atoms with Crippen molar-refractivity contribution in [3.63, 3.8) is 0 Å². The van der Waals surface area contributed by atoms with E-state index in [4.69, 9.17) is 0 Å². The highest BCUT2D eigenvalue weighted by Gasteiger charge is 2.33. The second kappa shape index (κ2) is 9.79. The van der Waals surface area contributed by atoms with E-state index in [0.29, 0.717) is 18.7 Å². The predicted molar refractivity (Wildman–Crippen MR) is 128 cm³/mol. The number of carbonyl (C=O) groups excluding carboxylic acids is 2. The highest BCUT2D eigenvalue weighted by molar-refractivity contribution is 9.10. The van der Waals surface area contributed by atoms with Gasteiger partial charge in [-0.1, -0.05) is 59.3 Å². The molecule has 0 radical (unpaired) electrons. The molecule has 0 N–H and O–H groups in total. The van der Waals surface area contributed by atoms with Gasteiger partial charge in [0.1, 0.15) is 6.54 Å². The number of hydrogen-bond donors (Lipinski definition) is 0. The number of thiophene rings is 1. The summed E-state index contributed by atoms with van der Waals surface area (Å²) in [6, 6.07) is 19.5. The molecule has 2 heterocycles. The van der Waals surface area contributed by atoms with Gasteiger partial charge in [-0.05, 0) is 53.6 Å². The summed E-state index contributed by atoms with van der Waals surface area (Å²) in [5, 5.41) is 2.11. The zero-order chi connectivity index (χ0) is 21.8. The fourth-order valence-electron chi connectivity index (χ4n) is 4.16. The maximum absolute atomic E-state index is 13.5. The summed E-state index contributed by atoms with van der Waals surface area (Å²) in [4.78, 5) is 31.6. The first-order valence-corrected chi connectivity index (χ1v) is 12.2. The first-order chi connectivity index (χ1) is 15.1. The van der Waals surface area contributed by atoms with E-state index in [1.807, 2.05) is 42.2 Å². The maximum atomic E-state index is 13.5. The Balaban J connectivity index is 1.60. The summed E-state index contributed by atoms with van der Waals surface area (Å²) in [5.74, 6) is -0.122. The first kappa shape index (κ1) is 21.8. The van der Waals surface area contributed by atoms with Crippen molar-refractivity contribution >= 4 is 39.1 Å². The van der Waals surface area contributed by atoms with Crippen molar-refractivity contribution in [1.29, 1.82) is 0 Å². The number of benzene rings is 2. The molecule has 4 nitrogen and oxygen atoms in total. The average molecular weight is 497 g/mol. The van der Waals surface area contributed by atoms with E-state index >= 15 is 0 Å². The van der Waals surface area contributed by atoms with Gasteiger partial charge in [0.2, 0.25) is 5.91 Å². The lowest BCUT2D eigenvalue weighted by Crippen LogP contribution is -2.47. The molecule has 3 aromatic rings. The number of amides is 2. The van der Waals surface area contributed by atoms with Crippen LogP contribution in [0.2, 0.25) is 0 Å². The molecular weight excluding hydrogens is 472 g/mol. The Morgan fingerprint density at radius 3 is 2.68 bits per heavy atom. The quantitative estimate of drug-likeness (QED) is 0.449. The van der Waals surface area contributed by atoms with Gasteiger partial charge in [0.25, 0.3) is 5.91 Å². The molecule has 0 saturated carbocycles. The summed E-state index contributed by atoms with van der Waals surface area (Å²) in [5.41, 5.74) is 2.90. The third-order valence-corrected chi connectivity index (χ3v) is 7.07. The molecule has 31 heavy (non-hydrogen) atoms. The van der Waals surface area contributed by atoms with Gasteiger partial charge in [-0.2, -0.15) is 0 Å². The Morgan fingerprint density at radius 1 is 1.13 bits per heavy atom. The van der Waals surface area contributed by atoms with Crippen molar-refractivity contribution in [2.45, 2.75) is 25.8 Å². The highest BCUT2D eigenvalue weighted by Crippen LogP contribution is 2.37. The topological polar surface area (TPSA) is 40.6 Å². The predicted octanol–water partition coefficient (Wildman–Crippen LogP) is 5.54. The number of nitrogens with zero attached hydrogens (tertiary/aromatic N) is 2. The van der Waals surface area contributed by atoms with Crippen LogP contribution in [-0.2, 0) is 11.2 Å². The number of fused-ring (bicyclic) bond motifs is 1. The van der Waals surface area contributed by atoms with Crippen LogP contribution in [0.1, 0.15) is 45.7 Å². The minimum absolute atomic E-state index is 0.0116. The van der Waals surface area contributed by atoms with Gasteiger partial charge >= 0.3 is 0 Å². The lowest BCUT2D eigenvalue weighted by Gasteiger charge is -2.37. The molecule has 0 fully saturated rings. The van der Waals surface area contributed by atoms with E-state index in [2.05, 4.69) is 39.5 Å². The van der Waals surface area contributed by atoms with Crippen LogP contribution >= 0.6 is 27.3 Å². The molecule has 0 saturated heterocycles. The Morgan fingerprint density at radius 2 is 1.94 bits per heavy atom. The molecule has 2 aromatic carbocycles. The number of hydrogen-bond acceptors (Lipinski definition) is 3. The zero-order valence-corrected chi connectivity index (χ0v) is 19.9. The minimum atomic E-state index is -0.110. The van der Waals surface area contributed by atoms with Crippen molar-refractivity contribution in [2.75, 3.05) is 19.6 Å². The third kappa shape index (κ3) is 4.75. The zero-order valence-electron chi connectivity index (χ0n) is 17.5. The smallest absolute Gasteiger partial charge is 0.254 e. The molecule has 0 spiro atoms. The van der Waals surface area contributed by atoms with Crippen LogP contribution in [0, 0.1) is 0 Å². The van der Waals surface area contributed by atoms with E-state index in [9.17, 15) is 9.59 Å². The molecule has 1 aliphatic rings. The molecule has 1 unspecified atom stereocenters. The van der Waals surface area contributed by atoms with Crippen molar-refractivity contribution in [3.8, 4) is 0 Å². The van der Waals surface area contributed by atoms with Crippen molar-refractivity contribution in [2.24, 2.45) is 0 Å². The third-order valence-electron chi connectivity index (χ3n) is 5.58. The van der Waals surface area contributed by atoms with Crippen LogP contribution in [0.15, 0.2) is 70.5 Å². The summed E-state index contributed by atoms with van der Waals surface area (Å²) in [6.07, 6.45) is 1.65. The molecule has 2 amide bonds. The lowest BCUT2D eigenvalue weighted by atomic mass is 9.93. The van der Waals surface area contributed by atoms with E-state index in [1.54, 1.807) is 28.4 Å². The van der Waals surface area contributed by atoms with Crippen LogP contribution in [0.3, 0.4) is 0 Å². The van der Waals surface area contributed by atoms with E-state index in [1.165, 1.54) is 10.4 Å². The molecule has 4 rings (SSSR count). The summed E-state index contributed by atoms with van der Waals surface area (Å²) < 4.78 is 0.853. The van der Waals surface area contributed by atoms with Crippen LogP contribution in [0.25, 0.3) is 0 Å². The molecule has 6 heteroatoms. The summed E-state index contributed by atoms with van der Waals surface area (Å²) in [6.45, 7) is 3.32. The fourth-order valence-corrected chi connectivity index (χ4v) is 5.46. The van der Waals surface area contributed by atoms with Crippen molar-refractivity contribution < 1.29 is 9.59 Å². The Bertz CT molecular complexity index is 1070. The van der Waals surface area contributed by atoms with Crippen molar-refractivity contribution in [3.05, 3.63) is 92.1 Å². The van der Waals surface area contributed by atoms with Gasteiger partial charge in [-0.15, -0.1) is 11.3 Å². The molecule has 1 atom stereocenters. The Hall–Kier alpha value is -2.44. The second-order valence-corrected chi connectivity index (χ2v) is 9.60. The molecule has 1 aliphatic heterocycles. The van der Waals surface area contributed by atoms with Crippen LogP contribution in [-0.4, -0.2) is 41.2 Å². The SMILES string of the molecule is CCCN(CC(=O)N1CCc2sccc2C1c1ccccc1)C(=O)c1cccc(Br)c1. The average Bonchev–Trinajstić information content (AvgIpc) is 3.27. The Labute approximate surface area is 195 Å². The molecular formula is C25H25BrN2O2S. The minimum Gasteiger partial charge on any atom is -0.330 e. The van der Waals surface area contributed by atoms with E-state index in [0.717, 1.165) is 22.9 Å². The van der Waals surface area contributed by atoms with Gasteiger partial charge in [0.05, 0.1) is 6.04 Å². The number of rotatable bonds is 6. The van der Waals surface area contributed by atoms with E-state index < -0.39 is 0 Å².